The van der Waals surface area contributed by atoms with E-state index in [1.807, 2.05) is 20.8 Å². The van der Waals surface area contributed by atoms with Gasteiger partial charge in [-0.15, -0.1) is 0 Å². The predicted molar refractivity (Wildman–Crippen MR) is 86.3 cm³/mol. The number of nitrogens with one attached hydrogen (secondary N) is 1. The third-order valence-electron chi connectivity index (χ3n) is 3.18. The van der Waals surface area contributed by atoms with Crippen molar-refractivity contribution in [2.75, 3.05) is 0 Å². The zero-order valence-electron chi connectivity index (χ0n) is 13.0. The molecule has 1 aromatic carbocycles. The first-order valence-electron chi connectivity index (χ1n) is 6.94. The van der Waals surface area contributed by atoms with E-state index in [1.165, 1.54) is 12.1 Å². The second-order valence-corrected chi connectivity index (χ2v) is 6.46. The average molecular weight is 337 g/mol. The second-order valence-electron chi connectivity index (χ2n) is 6.09. The normalized spacial score (nSPS) is 11.3. The Labute approximate surface area is 138 Å². The quantitative estimate of drug-likeness (QED) is 0.895. The van der Waals surface area contributed by atoms with Gasteiger partial charge in [0.2, 0.25) is 0 Å². The number of H-pyrrole nitrogens is 1. The standard InChI is InChI=1S/C16H17ClN2O4/c1-16(2,3)13-12(11(17)14(20)19-18-13)23-8-9-4-6-10(7-5-9)15(21)22/h4-7H,8H2,1-3H3,(H,19,20)(H,21,22). The van der Waals surface area contributed by atoms with E-state index in [0.717, 1.165) is 5.56 Å². The Hall–Kier alpha value is -2.34. The summed E-state index contributed by atoms with van der Waals surface area (Å²) in [5.41, 5.74) is 0.613. The molecule has 0 unspecified atom stereocenters. The van der Waals surface area contributed by atoms with E-state index < -0.39 is 11.5 Å². The van der Waals surface area contributed by atoms with Gasteiger partial charge in [-0.05, 0) is 17.7 Å². The van der Waals surface area contributed by atoms with Gasteiger partial charge in [0.05, 0.1) is 5.56 Å². The van der Waals surface area contributed by atoms with Gasteiger partial charge in [0.1, 0.15) is 12.3 Å². The number of rotatable bonds is 4. The minimum Gasteiger partial charge on any atom is -0.485 e. The monoisotopic (exact) mass is 336 g/mol. The van der Waals surface area contributed by atoms with E-state index in [4.69, 9.17) is 21.4 Å². The maximum atomic E-state index is 11.7. The lowest BCUT2D eigenvalue weighted by molar-refractivity contribution is 0.0697. The van der Waals surface area contributed by atoms with Crippen LogP contribution in [-0.2, 0) is 12.0 Å². The van der Waals surface area contributed by atoms with Crippen LogP contribution in [0.15, 0.2) is 29.1 Å². The molecule has 7 heteroatoms. The fourth-order valence-electron chi connectivity index (χ4n) is 1.95. The Morgan fingerprint density at radius 1 is 1.30 bits per heavy atom. The van der Waals surface area contributed by atoms with E-state index in [1.54, 1.807) is 12.1 Å². The molecule has 0 bridgehead atoms. The number of aromatic nitrogens is 2. The number of carbonyl (C=O) groups is 1. The molecule has 0 amide bonds. The van der Waals surface area contributed by atoms with Crippen molar-refractivity contribution in [2.24, 2.45) is 0 Å². The molecular weight excluding hydrogens is 320 g/mol. The highest BCUT2D eigenvalue weighted by Crippen LogP contribution is 2.33. The first-order valence-corrected chi connectivity index (χ1v) is 7.31. The van der Waals surface area contributed by atoms with Crippen LogP contribution in [0.25, 0.3) is 0 Å². The summed E-state index contributed by atoms with van der Waals surface area (Å²) in [4.78, 5) is 22.5. The van der Waals surface area contributed by atoms with E-state index in [-0.39, 0.29) is 28.4 Å². The highest BCUT2D eigenvalue weighted by Gasteiger charge is 2.25. The Balaban J connectivity index is 2.28. The van der Waals surface area contributed by atoms with Crippen molar-refractivity contribution in [2.45, 2.75) is 32.8 Å². The van der Waals surface area contributed by atoms with Crippen molar-refractivity contribution in [3.8, 4) is 5.75 Å². The summed E-state index contributed by atoms with van der Waals surface area (Å²) in [7, 11) is 0. The van der Waals surface area contributed by atoms with Gasteiger partial charge in [-0.2, -0.15) is 5.10 Å². The zero-order chi connectivity index (χ0) is 17.2. The summed E-state index contributed by atoms with van der Waals surface area (Å²) in [6, 6.07) is 6.27. The van der Waals surface area contributed by atoms with Crippen molar-refractivity contribution in [1.29, 1.82) is 0 Å². The molecule has 2 rings (SSSR count). The molecule has 1 heterocycles. The zero-order valence-corrected chi connectivity index (χ0v) is 13.8. The number of halogens is 1. The van der Waals surface area contributed by atoms with Crippen LogP contribution in [0.4, 0.5) is 0 Å². The molecule has 0 aliphatic rings. The SMILES string of the molecule is CC(C)(C)c1n[nH]c(=O)c(Cl)c1OCc1ccc(C(=O)O)cc1. The summed E-state index contributed by atoms with van der Waals surface area (Å²) >= 11 is 6.05. The van der Waals surface area contributed by atoms with Crippen LogP contribution < -0.4 is 10.3 Å². The lowest BCUT2D eigenvalue weighted by atomic mass is 9.91. The van der Waals surface area contributed by atoms with Crippen molar-refractivity contribution in [3.63, 3.8) is 0 Å². The molecular formula is C16H17ClN2O4. The number of benzene rings is 1. The lowest BCUT2D eigenvalue weighted by Crippen LogP contribution is -2.22. The van der Waals surface area contributed by atoms with Gasteiger partial charge in [-0.25, -0.2) is 9.89 Å². The number of aromatic carboxylic acids is 1. The second kappa shape index (κ2) is 6.42. The van der Waals surface area contributed by atoms with Crippen molar-refractivity contribution in [1.82, 2.24) is 10.2 Å². The first kappa shape index (κ1) is 17.0. The minimum atomic E-state index is -0.991. The summed E-state index contributed by atoms with van der Waals surface area (Å²) in [5.74, 6) is -0.750. The molecule has 0 aliphatic carbocycles. The van der Waals surface area contributed by atoms with E-state index >= 15 is 0 Å². The van der Waals surface area contributed by atoms with Crippen LogP contribution in [0, 0.1) is 0 Å². The number of carboxylic acid groups (broad SMARTS) is 1. The van der Waals surface area contributed by atoms with Crippen LogP contribution >= 0.6 is 11.6 Å². The van der Waals surface area contributed by atoms with Gasteiger partial charge < -0.3 is 9.84 Å². The first-order chi connectivity index (χ1) is 10.7. The highest BCUT2D eigenvalue weighted by molar-refractivity contribution is 6.31. The van der Waals surface area contributed by atoms with Crippen LogP contribution in [0.5, 0.6) is 5.75 Å². The molecule has 0 saturated carbocycles. The predicted octanol–water partition coefficient (Wildman–Crippen LogP) is 3.00. The molecule has 6 nitrogen and oxygen atoms in total. The Bertz CT molecular complexity index is 776. The highest BCUT2D eigenvalue weighted by atomic mass is 35.5. The molecule has 0 spiro atoms. The van der Waals surface area contributed by atoms with Crippen LogP contribution in [0.1, 0.15) is 42.4 Å². The van der Waals surface area contributed by atoms with Crippen LogP contribution in [0.3, 0.4) is 0 Å². The summed E-state index contributed by atoms with van der Waals surface area (Å²) < 4.78 is 5.70. The van der Waals surface area contributed by atoms with Gasteiger partial charge in [0.25, 0.3) is 5.56 Å². The molecule has 0 saturated heterocycles. The average Bonchev–Trinajstić information content (AvgIpc) is 2.47. The fourth-order valence-corrected chi connectivity index (χ4v) is 2.14. The number of aromatic amines is 1. The van der Waals surface area contributed by atoms with Crippen molar-refractivity contribution < 1.29 is 14.6 Å². The van der Waals surface area contributed by atoms with Gasteiger partial charge >= 0.3 is 5.97 Å². The largest absolute Gasteiger partial charge is 0.485 e. The molecule has 0 atom stereocenters. The topological polar surface area (TPSA) is 92.3 Å². The van der Waals surface area contributed by atoms with Gasteiger partial charge in [0, 0.05) is 5.41 Å². The summed E-state index contributed by atoms with van der Waals surface area (Å²) in [6.07, 6.45) is 0. The third kappa shape index (κ3) is 3.90. The van der Waals surface area contributed by atoms with Crippen molar-refractivity contribution in [3.05, 3.63) is 56.5 Å². The lowest BCUT2D eigenvalue weighted by Gasteiger charge is -2.21. The fraction of sp³-hybridized carbons (Fsp3) is 0.312. The molecule has 2 aromatic rings. The minimum absolute atomic E-state index is 0.0490. The molecule has 2 N–H and O–H groups in total. The Morgan fingerprint density at radius 3 is 2.43 bits per heavy atom. The van der Waals surface area contributed by atoms with E-state index in [9.17, 15) is 9.59 Å². The summed E-state index contributed by atoms with van der Waals surface area (Å²) in [5, 5.41) is 15.2. The number of hydrogen-bond donors (Lipinski definition) is 2. The Kier molecular flexibility index (Phi) is 4.75. The summed E-state index contributed by atoms with van der Waals surface area (Å²) in [6.45, 7) is 5.93. The van der Waals surface area contributed by atoms with Crippen LogP contribution in [0.2, 0.25) is 5.02 Å². The number of carboxylic acids is 1. The molecule has 0 radical (unpaired) electrons. The maximum Gasteiger partial charge on any atom is 0.335 e. The number of ether oxygens (including phenoxy) is 1. The van der Waals surface area contributed by atoms with Gasteiger partial charge in [-0.1, -0.05) is 44.5 Å². The molecule has 1 aromatic heterocycles. The molecule has 122 valence electrons. The van der Waals surface area contributed by atoms with Gasteiger partial charge in [0.15, 0.2) is 10.8 Å². The molecule has 23 heavy (non-hydrogen) atoms. The Morgan fingerprint density at radius 2 is 1.91 bits per heavy atom. The molecule has 0 aliphatic heterocycles. The van der Waals surface area contributed by atoms with E-state index in [2.05, 4.69) is 10.2 Å². The van der Waals surface area contributed by atoms with Crippen LogP contribution in [-0.4, -0.2) is 21.3 Å². The maximum absolute atomic E-state index is 11.7. The smallest absolute Gasteiger partial charge is 0.335 e. The number of hydrogen-bond acceptors (Lipinski definition) is 4. The molecule has 0 fully saturated rings. The van der Waals surface area contributed by atoms with Gasteiger partial charge in [-0.3, -0.25) is 4.79 Å². The third-order valence-corrected chi connectivity index (χ3v) is 3.52. The number of nitrogens with zero attached hydrogens (tertiary/aromatic N) is 1. The van der Waals surface area contributed by atoms with E-state index in [0.29, 0.717) is 5.69 Å². The van der Waals surface area contributed by atoms with Crippen molar-refractivity contribution >= 4 is 17.6 Å².